The number of aromatic nitrogens is 1. The van der Waals surface area contributed by atoms with Gasteiger partial charge >= 0.3 is 0 Å². The van der Waals surface area contributed by atoms with Gasteiger partial charge in [0.05, 0.1) is 22.1 Å². The molecule has 0 fully saturated rings. The first kappa shape index (κ1) is 18.0. The van der Waals surface area contributed by atoms with Gasteiger partial charge in [0.25, 0.3) is 0 Å². The number of benzene rings is 2. The maximum Gasteiger partial charge on any atom is 0.0979 e. The molecule has 0 bridgehead atoms. The number of terminal acetylenes is 1. The molecule has 0 atom stereocenters. The molecule has 1 aromatic heterocycles. The minimum absolute atomic E-state index is 0.836. The molecular formula is C23H22N2S. The van der Waals surface area contributed by atoms with E-state index in [1.54, 1.807) is 6.92 Å². The Kier molecular flexibility index (Phi) is 6.24. The van der Waals surface area contributed by atoms with E-state index in [2.05, 4.69) is 84.4 Å². The van der Waals surface area contributed by atoms with Crippen molar-refractivity contribution >= 4 is 23.1 Å². The lowest BCUT2D eigenvalue weighted by molar-refractivity contribution is 1.11. The summed E-state index contributed by atoms with van der Waals surface area (Å²) in [6.45, 7) is 2.49. The number of hydrogen-bond donors (Lipinski definition) is 1. The van der Waals surface area contributed by atoms with Crippen molar-refractivity contribution in [3.8, 4) is 12.3 Å². The second kappa shape index (κ2) is 9.03. The van der Waals surface area contributed by atoms with E-state index in [0.717, 1.165) is 25.1 Å². The molecule has 1 aliphatic heterocycles. The molecule has 0 radical (unpaired) electrons. The van der Waals surface area contributed by atoms with E-state index in [9.17, 15) is 0 Å². The molecule has 0 saturated heterocycles. The first-order chi connectivity index (χ1) is 12.8. The van der Waals surface area contributed by atoms with E-state index < -0.39 is 0 Å². The molecule has 4 rings (SSSR count). The second-order valence-electron chi connectivity index (χ2n) is 5.98. The molecular weight excluding hydrogens is 336 g/mol. The molecule has 2 heterocycles. The number of fused-ring (bicyclic) bond motifs is 2. The third-order valence-corrected chi connectivity index (χ3v) is 5.11. The van der Waals surface area contributed by atoms with Gasteiger partial charge in [-0.15, -0.1) is 23.7 Å². The minimum atomic E-state index is 0.836. The normalized spacial score (nSPS) is 13.2. The lowest BCUT2D eigenvalue weighted by Gasteiger charge is -2.09. The third-order valence-electron chi connectivity index (χ3n) is 4.04. The van der Waals surface area contributed by atoms with Crippen molar-refractivity contribution in [1.29, 1.82) is 0 Å². The van der Waals surface area contributed by atoms with Gasteiger partial charge in [-0.3, -0.25) is 0 Å². The molecule has 0 unspecified atom stereocenters. The highest BCUT2D eigenvalue weighted by Gasteiger charge is 2.12. The summed E-state index contributed by atoms with van der Waals surface area (Å²) in [4.78, 5) is 6.15. The molecule has 0 saturated carbocycles. The monoisotopic (exact) mass is 358 g/mol. The number of thiazole rings is 1. The Balaban J connectivity index is 0.000000613. The number of anilines is 1. The Morgan fingerprint density at radius 2 is 1.85 bits per heavy atom. The Hall–Kier alpha value is -2.83. The van der Waals surface area contributed by atoms with Crippen molar-refractivity contribution in [2.24, 2.45) is 0 Å². The highest BCUT2D eigenvalue weighted by atomic mass is 32.1. The third kappa shape index (κ3) is 4.62. The molecule has 1 aliphatic rings. The van der Waals surface area contributed by atoms with E-state index >= 15 is 0 Å². The van der Waals surface area contributed by atoms with E-state index in [-0.39, 0.29) is 0 Å². The van der Waals surface area contributed by atoms with Gasteiger partial charge in [0, 0.05) is 12.1 Å². The molecule has 1 N–H and O–H groups in total. The number of hydrogen-bond acceptors (Lipinski definition) is 3. The van der Waals surface area contributed by atoms with E-state index in [1.807, 2.05) is 11.3 Å². The minimum Gasteiger partial charge on any atom is -0.380 e. The summed E-state index contributed by atoms with van der Waals surface area (Å²) < 4.78 is 0. The van der Waals surface area contributed by atoms with Crippen molar-refractivity contribution in [2.75, 3.05) is 5.32 Å². The van der Waals surface area contributed by atoms with Crippen molar-refractivity contribution in [3.63, 3.8) is 0 Å². The number of allylic oxidation sites excluding steroid dienone is 1. The largest absolute Gasteiger partial charge is 0.380 e. The van der Waals surface area contributed by atoms with Crippen LogP contribution in [0.3, 0.4) is 0 Å². The van der Waals surface area contributed by atoms with Crippen LogP contribution in [-0.2, 0) is 19.4 Å². The van der Waals surface area contributed by atoms with Crippen LogP contribution < -0.4 is 5.32 Å². The average molecular weight is 359 g/mol. The van der Waals surface area contributed by atoms with Crippen LogP contribution in [0.4, 0.5) is 5.69 Å². The Bertz CT molecular complexity index is 917. The number of rotatable bonds is 2. The topological polar surface area (TPSA) is 24.9 Å². The fraction of sp³-hybridized carbons (Fsp3) is 0.174. The van der Waals surface area contributed by atoms with Crippen LogP contribution in [0.2, 0.25) is 0 Å². The summed E-state index contributed by atoms with van der Waals surface area (Å²) in [5, 5.41) is 4.75. The van der Waals surface area contributed by atoms with Gasteiger partial charge in [-0.25, -0.2) is 4.98 Å². The molecule has 2 nitrogen and oxygen atoms in total. The van der Waals surface area contributed by atoms with Crippen LogP contribution in [0.25, 0.3) is 6.08 Å². The summed E-state index contributed by atoms with van der Waals surface area (Å²) in [5.41, 5.74) is 4.99. The highest BCUT2D eigenvalue weighted by Crippen LogP contribution is 2.26. The quantitative estimate of drug-likeness (QED) is 0.607. The van der Waals surface area contributed by atoms with Crippen molar-refractivity contribution < 1.29 is 0 Å². The molecule has 0 spiro atoms. The zero-order valence-corrected chi connectivity index (χ0v) is 15.7. The predicted molar refractivity (Wildman–Crippen MR) is 112 cm³/mol. The van der Waals surface area contributed by atoms with Gasteiger partial charge in [0.1, 0.15) is 0 Å². The lowest BCUT2D eigenvalue weighted by atomic mass is 10.1. The molecule has 3 aromatic rings. The van der Waals surface area contributed by atoms with Crippen molar-refractivity contribution in [3.05, 3.63) is 87.4 Å². The summed E-state index contributed by atoms with van der Waals surface area (Å²) >= 11 is 1.81. The zero-order chi connectivity index (χ0) is 18.2. The van der Waals surface area contributed by atoms with E-state index in [1.165, 1.54) is 26.7 Å². The molecule has 2 aromatic carbocycles. The van der Waals surface area contributed by atoms with Crippen molar-refractivity contribution in [1.82, 2.24) is 4.98 Å². The Labute approximate surface area is 159 Å². The number of nitrogens with one attached hydrogen (secondary N) is 1. The maximum absolute atomic E-state index is 4.84. The average Bonchev–Trinajstić information content (AvgIpc) is 3.06. The molecule has 0 amide bonds. The van der Waals surface area contributed by atoms with Gasteiger partial charge in [-0.05, 0) is 36.6 Å². The fourth-order valence-corrected chi connectivity index (χ4v) is 3.89. The molecule has 0 aliphatic carbocycles. The van der Waals surface area contributed by atoms with Gasteiger partial charge in [-0.1, -0.05) is 54.6 Å². The van der Waals surface area contributed by atoms with Crippen LogP contribution in [0.1, 0.15) is 33.6 Å². The lowest BCUT2D eigenvalue weighted by Crippen LogP contribution is -2.00. The van der Waals surface area contributed by atoms with Crippen molar-refractivity contribution in [2.45, 2.75) is 26.3 Å². The van der Waals surface area contributed by atoms with Crippen LogP contribution >= 0.6 is 11.3 Å². The van der Waals surface area contributed by atoms with E-state index in [0.29, 0.717) is 0 Å². The second-order valence-corrected chi connectivity index (χ2v) is 7.15. The van der Waals surface area contributed by atoms with Gasteiger partial charge in [-0.2, -0.15) is 0 Å². The smallest absolute Gasteiger partial charge is 0.0979 e. The Morgan fingerprint density at radius 3 is 2.65 bits per heavy atom. The predicted octanol–water partition coefficient (Wildman–Crippen LogP) is 5.55. The number of nitrogens with zero attached hydrogens (tertiary/aromatic N) is 1. The first-order valence-corrected chi connectivity index (χ1v) is 9.50. The maximum atomic E-state index is 4.84. The molecule has 3 heteroatoms. The summed E-state index contributed by atoms with van der Waals surface area (Å²) in [6.07, 6.45) is 10.8. The Morgan fingerprint density at radius 1 is 1.12 bits per heavy atom. The fourth-order valence-electron chi connectivity index (χ4n) is 2.86. The standard InChI is InChI=1S/C20H18N2S.C3H4/c1-2-7-15(8-3-1)13-20-22-18-12-6-10-16-9-4-5-11-17(16)21-14-19(18)23-20;1-3-2/h1-9,11-12,21H,10,13-14H2;1H,2H3/b12-6-;. The van der Waals surface area contributed by atoms with Gasteiger partial charge in [0.2, 0.25) is 0 Å². The van der Waals surface area contributed by atoms with E-state index in [4.69, 9.17) is 4.98 Å². The molecule has 26 heavy (non-hydrogen) atoms. The van der Waals surface area contributed by atoms with Crippen LogP contribution in [0.15, 0.2) is 60.7 Å². The highest BCUT2D eigenvalue weighted by molar-refractivity contribution is 7.11. The van der Waals surface area contributed by atoms with Gasteiger partial charge in [0.15, 0.2) is 0 Å². The summed E-state index contributed by atoms with van der Waals surface area (Å²) in [6, 6.07) is 19.1. The molecule has 130 valence electrons. The van der Waals surface area contributed by atoms with Crippen LogP contribution in [0.5, 0.6) is 0 Å². The SMILES string of the molecule is C#CC.C1=C\c2nc(Cc3ccccc3)sc2CNc2ccccc2C/1. The van der Waals surface area contributed by atoms with Crippen LogP contribution in [0, 0.1) is 12.3 Å². The first-order valence-electron chi connectivity index (χ1n) is 8.68. The zero-order valence-electron chi connectivity index (χ0n) is 14.9. The summed E-state index contributed by atoms with van der Waals surface area (Å²) in [7, 11) is 0. The summed E-state index contributed by atoms with van der Waals surface area (Å²) in [5.74, 6) is 2.25. The number of para-hydroxylation sites is 1. The van der Waals surface area contributed by atoms with Crippen LogP contribution in [-0.4, -0.2) is 4.98 Å². The van der Waals surface area contributed by atoms with Gasteiger partial charge < -0.3 is 5.32 Å².